The standard InChI is InChI=1S/C15H13F3N2O2/c1-2-7-20-12(13(21)19-9-15(16,17)18)8-10-5-3-4-6-11(10)14(20)22/h2-6,8H,1,7,9H2,(H,19,21). The van der Waals surface area contributed by atoms with Gasteiger partial charge in [0.25, 0.3) is 11.5 Å². The van der Waals surface area contributed by atoms with E-state index in [4.69, 9.17) is 0 Å². The van der Waals surface area contributed by atoms with E-state index in [1.165, 1.54) is 12.1 Å². The molecule has 0 aliphatic rings. The average Bonchev–Trinajstić information content (AvgIpc) is 2.47. The minimum atomic E-state index is -4.52. The maximum atomic E-state index is 12.4. The number of pyridine rings is 1. The summed E-state index contributed by atoms with van der Waals surface area (Å²) in [5.74, 6) is -0.956. The summed E-state index contributed by atoms with van der Waals surface area (Å²) in [6, 6.07) is 7.96. The third kappa shape index (κ3) is 3.36. The molecule has 0 saturated carbocycles. The van der Waals surface area contributed by atoms with E-state index in [1.807, 2.05) is 0 Å². The van der Waals surface area contributed by atoms with E-state index in [1.54, 1.807) is 29.6 Å². The minimum absolute atomic E-state index is 0.0262. The number of hydrogen-bond acceptors (Lipinski definition) is 2. The van der Waals surface area contributed by atoms with Crippen LogP contribution in [-0.4, -0.2) is 23.2 Å². The fraction of sp³-hybridized carbons (Fsp3) is 0.200. The number of fused-ring (bicyclic) bond motifs is 1. The molecule has 1 aromatic heterocycles. The molecule has 22 heavy (non-hydrogen) atoms. The first-order valence-electron chi connectivity index (χ1n) is 6.42. The number of carbonyl (C=O) groups excluding carboxylic acids is 1. The molecule has 2 aromatic rings. The lowest BCUT2D eigenvalue weighted by molar-refractivity contribution is -0.123. The fourth-order valence-electron chi connectivity index (χ4n) is 2.07. The van der Waals surface area contributed by atoms with E-state index >= 15 is 0 Å². The Bertz CT molecular complexity index is 778. The monoisotopic (exact) mass is 310 g/mol. The molecule has 0 atom stereocenters. The lowest BCUT2D eigenvalue weighted by Crippen LogP contribution is -2.37. The zero-order valence-corrected chi connectivity index (χ0v) is 11.5. The number of nitrogens with one attached hydrogen (secondary N) is 1. The van der Waals surface area contributed by atoms with Crippen molar-refractivity contribution in [1.82, 2.24) is 9.88 Å². The van der Waals surface area contributed by atoms with Gasteiger partial charge in [0.15, 0.2) is 0 Å². The van der Waals surface area contributed by atoms with Crippen molar-refractivity contribution < 1.29 is 18.0 Å². The van der Waals surface area contributed by atoms with Crippen molar-refractivity contribution in [1.29, 1.82) is 0 Å². The van der Waals surface area contributed by atoms with E-state index in [0.29, 0.717) is 10.8 Å². The molecular formula is C15H13F3N2O2. The van der Waals surface area contributed by atoms with Gasteiger partial charge < -0.3 is 5.32 Å². The van der Waals surface area contributed by atoms with Gasteiger partial charge in [0.1, 0.15) is 12.2 Å². The number of halogens is 3. The summed E-state index contributed by atoms with van der Waals surface area (Å²) in [7, 11) is 0. The summed E-state index contributed by atoms with van der Waals surface area (Å²) in [5.41, 5.74) is -0.581. The Morgan fingerprint density at radius 2 is 2.00 bits per heavy atom. The lowest BCUT2D eigenvalue weighted by Gasteiger charge is -2.14. The molecular weight excluding hydrogens is 297 g/mol. The Morgan fingerprint density at radius 1 is 1.32 bits per heavy atom. The Morgan fingerprint density at radius 3 is 2.64 bits per heavy atom. The maximum Gasteiger partial charge on any atom is 0.405 e. The second-order valence-electron chi connectivity index (χ2n) is 4.62. The summed E-state index contributed by atoms with van der Waals surface area (Å²) >= 11 is 0. The second kappa shape index (κ2) is 6.05. The molecule has 0 spiro atoms. The number of allylic oxidation sites excluding steroid dienone is 1. The number of amides is 1. The molecule has 0 saturated heterocycles. The number of nitrogens with zero attached hydrogens (tertiary/aromatic N) is 1. The van der Waals surface area contributed by atoms with Crippen LogP contribution in [-0.2, 0) is 6.54 Å². The molecule has 1 N–H and O–H groups in total. The van der Waals surface area contributed by atoms with E-state index < -0.39 is 24.2 Å². The predicted octanol–water partition coefficient (Wildman–Crippen LogP) is 2.48. The maximum absolute atomic E-state index is 12.4. The number of carbonyl (C=O) groups is 1. The summed E-state index contributed by atoms with van der Waals surface area (Å²) in [6.07, 6.45) is -3.12. The van der Waals surface area contributed by atoms with Gasteiger partial charge in [0.2, 0.25) is 0 Å². The average molecular weight is 310 g/mol. The lowest BCUT2D eigenvalue weighted by atomic mass is 10.1. The summed E-state index contributed by atoms with van der Waals surface area (Å²) < 4.78 is 37.7. The fourth-order valence-corrected chi connectivity index (χ4v) is 2.07. The van der Waals surface area contributed by atoms with Crippen molar-refractivity contribution in [3.05, 3.63) is 59.0 Å². The van der Waals surface area contributed by atoms with Gasteiger partial charge in [0.05, 0.1) is 0 Å². The van der Waals surface area contributed by atoms with Crippen LogP contribution in [0, 0.1) is 0 Å². The Kier molecular flexibility index (Phi) is 4.35. The third-order valence-corrected chi connectivity index (χ3v) is 3.01. The highest BCUT2D eigenvalue weighted by Gasteiger charge is 2.28. The highest BCUT2D eigenvalue weighted by atomic mass is 19.4. The van der Waals surface area contributed by atoms with Gasteiger partial charge in [-0.3, -0.25) is 14.2 Å². The van der Waals surface area contributed by atoms with Crippen LogP contribution < -0.4 is 10.9 Å². The highest BCUT2D eigenvalue weighted by molar-refractivity contribution is 5.96. The molecule has 2 rings (SSSR count). The Hall–Kier alpha value is -2.57. The minimum Gasteiger partial charge on any atom is -0.342 e. The zero-order valence-electron chi connectivity index (χ0n) is 11.5. The molecule has 0 bridgehead atoms. The van der Waals surface area contributed by atoms with Gasteiger partial charge in [-0.2, -0.15) is 13.2 Å². The first-order valence-corrected chi connectivity index (χ1v) is 6.42. The molecule has 4 nitrogen and oxygen atoms in total. The molecule has 1 aromatic carbocycles. The number of hydrogen-bond donors (Lipinski definition) is 1. The number of benzene rings is 1. The van der Waals surface area contributed by atoms with Crippen molar-refractivity contribution in [2.24, 2.45) is 0 Å². The van der Waals surface area contributed by atoms with Crippen molar-refractivity contribution in [2.75, 3.05) is 6.54 Å². The molecule has 0 radical (unpaired) electrons. The topological polar surface area (TPSA) is 51.1 Å². The van der Waals surface area contributed by atoms with E-state index in [9.17, 15) is 22.8 Å². The molecule has 0 fully saturated rings. The van der Waals surface area contributed by atoms with Gasteiger partial charge in [-0.25, -0.2) is 0 Å². The van der Waals surface area contributed by atoms with Gasteiger partial charge in [-0.15, -0.1) is 6.58 Å². The number of alkyl halides is 3. The molecule has 116 valence electrons. The normalized spacial score (nSPS) is 11.4. The van der Waals surface area contributed by atoms with Crippen LogP contribution in [0.2, 0.25) is 0 Å². The summed E-state index contributed by atoms with van der Waals surface area (Å²) in [5, 5.41) is 2.65. The smallest absolute Gasteiger partial charge is 0.342 e. The van der Waals surface area contributed by atoms with Crippen LogP contribution in [0.4, 0.5) is 13.2 Å². The number of rotatable bonds is 4. The van der Waals surface area contributed by atoms with Crippen LogP contribution in [0.25, 0.3) is 10.8 Å². The summed E-state index contributed by atoms with van der Waals surface area (Å²) in [4.78, 5) is 24.3. The van der Waals surface area contributed by atoms with E-state index in [0.717, 1.165) is 4.57 Å². The SMILES string of the molecule is C=CCn1c(C(=O)NCC(F)(F)F)cc2ccccc2c1=O. The van der Waals surface area contributed by atoms with Crippen LogP contribution in [0.5, 0.6) is 0 Å². The van der Waals surface area contributed by atoms with Crippen molar-refractivity contribution >= 4 is 16.7 Å². The molecule has 1 amide bonds. The van der Waals surface area contributed by atoms with E-state index in [-0.39, 0.29) is 12.2 Å². The zero-order chi connectivity index (χ0) is 16.3. The van der Waals surface area contributed by atoms with Crippen LogP contribution >= 0.6 is 0 Å². The molecule has 0 aliphatic heterocycles. The van der Waals surface area contributed by atoms with Crippen LogP contribution in [0.1, 0.15) is 10.5 Å². The Labute approximate surface area is 123 Å². The molecule has 1 heterocycles. The van der Waals surface area contributed by atoms with Crippen LogP contribution in [0.15, 0.2) is 47.8 Å². The van der Waals surface area contributed by atoms with Crippen molar-refractivity contribution in [3.63, 3.8) is 0 Å². The predicted molar refractivity (Wildman–Crippen MR) is 76.8 cm³/mol. The first-order chi connectivity index (χ1) is 10.3. The summed E-state index contributed by atoms with van der Waals surface area (Å²) in [6.45, 7) is 2.06. The van der Waals surface area contributed by atoms with Gasteiger partial charge >= 0.3 is 6.18 Å². The highest BCUT2D eigenvalue weighted by Crippen LogP contribution is 2.15. The number of aromatic nitrogens is 1. The van der Waals surface area contributed by atoms with Gasteiger partial charge in [-0.05, 0) is 17.5 Å². The Balaban J connectivity index is 2.51. The van der Waals surface area contributed by atoms with Gasteiger partial charge in [-0.1, -0.05) is 24.3 Å². The first kappa shape index (κ1) is 15.8. The van der Waals surface area contributed by atoms with Crippen LogP contribution in [0.3, 0.4) is 0 Å². The molecule has 0 aliphatic carbocycles. The largest absolute Gasteiger partial charge is 0.405 e. The third-order valence-electron chi connectivity index (χ3n) is 3.01. The van der Waals surface area contributed by atoms with E-state index in [2.05, 4.69) is 6.58 Å². The van der Waals surface area contributed by atoms with Crippen molar-refractivity contribution in [3.8, 4) is 0 Å². The molecule has 0 unspecified atom stereocenters. The quantitative estimate of drug-likeness (QED) is 0.882. The van der Waals surface area contributed by atoms with Gasteiger partial charge in [0, 0.05) is 11.9 Å². The van der Waals surface area contributed by atoms with Crippen molar-refractivity contribution in [2.45, 2.75) is 12.7 Å². The molecule has 7 heteroatoms. The second-order valence-corrected chi connectivity index (χ2v) is 4.62.